The molecular weight excluding hydrogens is 292 g/mol. The van der Waals surface area contributed by atoms with Gasteiger partial charge in [0.05, 0.1) is 18.8 Å². The monoisotopic (exact) mass is 312 g/mol. The molecule has 0 bridgehead atoms. The maximum absolute atomic E-state index is 5.93. The number of morpholine rings is 1. The van der Waals surface area contributed by atoms with Crippen LogP contribution < -0.4 is 5.32 Å². The van der Waals surface area contributed by atoms with Crippen LogP contribution in [-0.4, -0.2) is 44.3 Å². The number of likely N-dealkylation sites (N-methyl/N-ethyl adjacent to an activating group) is 2. The molecule has 18 heavy (non-hydrogen) atoms. The lowest BCUT2D eigenvalue weighted by Crippen LogP contribution is -2.47. The van der Waals surface area contributed by atoms with Crippen molar-refractivity contribution >= 4 is 15.9 Å². The number of benzene rings is 1. The van der Waals surface area contributed by atoms with Crippen molar-refractivity contribution in [2.75, 3.05) is 33.3 Å². The SMILES string of the molecule is CCNCC1OCCN(C)C1c1ccc(Br)cc1. The molecule has 4 heteroatoms. The van der Waals surface area contributed by atoms with Crippen molar-refractivity contribution in [2.45, 2.75) is 19.1 Å². The zero-order valence-electron chi connectivity index (χ0n) is 11.0. The van der Waals surface area contributed by atoms with Crippen LogP contribution in [0.3, 0.4) is 0 Å². The van der Waals surface area contributed by atoms with Gasteiger partial charge in [0.1, 0.15) is 0 Å². The lowest BCUT2D eigenvalue weighted by atomic mass is 9.98. The van der Waals surface area contributed by atoms with Gasteiger partial charge in [-0.1, -0.05) is 35.0 Å². The smallest absolute Gasteiger partial charge is 0.0896 e. The minimum Gasteiger partial charge on any atom is -0.374 e. The van der Waals surface area contributed by atoms with E-state index in [-0.39, 0.29) is 6.10 Å². The quantitative estimate of drug-likeness (QED) is 0.924. The first-order valence-corrected chi connectivity index (χ1v) is 7.29. The molecule has 3 nitrogen and oxygen atoms in total. The molecule has 0 saturated carbocycles. The topological polar surface area (TPSA) is 24.5 Å². The highest BCUT2D eigenvalue weighted by atomic mass is 79.9. The lowest BCUT2D eigenvalue weighted by molar-refractivity contribution is -0.0611. The van der Waals surface area contributed by atoms with Crippen LogP contribution >= 0.6 is 15.9 Å². The average Bonchev–Trinajstić information content (AvgIpc) is 2.38. The summed E-state index contributed by atoms with van der Waals surface area (Å²) >= 11 is 3.48. The van der Waals surface area contributed by atoms with Crippen molar-refractivity contribution in [3.05, 3.63) is 34.3 Å². The number of halogens is 1. The van der Waals surface area contributed by atoms with Gasteiger partial charge in [0.15, 0.2) is 0 Å². The highest BCUT2D eigenvalue weighted by Crippen LogP contribution is 2.28. The van der Waals surface area contributed by atoms with Gasteiger partial charge in [-0.15, -0.1) is 0 Å². The molecule has 100 valence electrons. The van der Waals surface area contributed by atoms with E-state index in [1.807, 2.05) is 0 Å². The first kappa shape index (κ1) is 14.0. The van der Waals surface area contributed by atoms with Gasteiger partial charge in [0.2, 0.25) is 0 Å². The molecule has 1 N–H and O–H groups in total. The largest absolute Gasteiger partial charge is 0.374 e. The van der Waals surface area contributed by atoms with Gasteiger partial charge >= 0.3 is 0 Å². The molecule has 2 atom stereocenters. The number of hydrogen-bond acceptors (Lipinski definition) is 3. The van der Waals surface area contributed by atoms with Crippen molar-refractivity contribution in [1.82, 2.24) is 10.2 Å². The van der Waals surface area contributed by atoms with E-state index >= 15 is 0 Å². The molecule has 0 radical (unpaired) electrons. The molecule has 0 amide bonds. The normalized spacial score (nSPS) is 25.3. The summed E-state index contributed by atoms with van der Waals surface area (Å²) < 4.78 is 7.05. The van der Waals surface area contributed by atoms with Gasteiger partial charge in [-0.3, -0.25) is 4.90 Å². The molecule has 1 aliphatic rings. The van der Waals surface area contributed by atoms with E-state index in [0.29, 0.717) is 6.04 Å². The van der Waals surface area contributed by atoms with E-state index in [4.69, 9.17) is 4.74 Å². The molecule has 1 aliphatic heterocycles. The molecule has 1 aromatic carbocycles. The Hall–Kier alpha value is -0.420. The summed E-state index contributed by atoms with van der Waals surface area (Å²) in [6.07, 6.45) is 0.227. The zero-order chi connectivity index (χ0) is 13.0. The Labute approximate surface area is 118 Å². The summed E-state index contributed by atoms with van der Waals surface area (Å²) in [6.45, 7) is 5.82. The summed E-state index contributed by atoms with van der Waals surface area (Å²) in [7, 11) is 2.17. The number of hydrogen-bond donors (Lipinski definition) is 1. The van der Waals surface area contributed by atoms with Crippen LogP contribution in [0.2, 0.25) is 0 Å². The number of ether oxygens (including phenoxy) is 1. The van der Waals surface area contributed by atoms with Gasteiger partial charge in [-0.2, -0.15) is 0 Å². The van der Waals surface area contributed by atoms with Gasteiger partial charge in [0, 0.05) is 17.6 Å². The maximum Gasteiger partial charge on any atom is 0.0896 e. The van der Waals surface area contributed by atoms with E-state index < -0.39 is 0 Å². The third-order valence-corrected chi connectivity index (χ3v) is 3.94. The van der Waals surface area contributed by atoms with Crippen LogP contribution in [0.4, 0.5) is 0 Å². The Morgan fingerprint density at radius 2 is 2.11 bits per heavy atom. The predicted octanol–water partition coefficient (Wildman–Crippen LogP) is 2.43. The van der Waals surface area contributed by atoms with Crippen LogP contribution in [0.25, 0.3) is 0 Å². The maximum atomic E-state index is 5.93. The van der Waals surface area contributed by atoms with E-state index in [0.717, 1.165) is 30.7 Å². The average molecular weight is 313 g/mol. The Balaban J connectivity index is 2.15. The van der Waals surface area contributed by atoms with Crippen molar-refractivity contribution in [3.8, 4) is 0 Å². The van der Waals surface area contributed by atoms with Crippen LogP contribution in [0.5, 0.6) is 0 Å². The predicted molar refractivity (Wildman–Crippen MR) is 77.8 cm³/mol. The molecule has 1 saturated heterocycles. The fraction of sp³-hybridized carbons (Fsp3) is 0.571. The second-order valence-electron chi connectivity index (χ2n) is 4.69. The standard InChI is InChI=1S/C14H21BrN2O/c1-3-16-10-13-14(17(2)8-9-18-13)11-4-6-12(15)7-5-11/h4-7,13-14,16H,3,8-10H2,1-2H3. The molecule has 1 aromatic rings. The van der Waals surface area contributed by atoms with Gasteiger partial charge in [0.25, 0.3) is 0 Å². The summed E-state index contributed by atoms with van der Waals surface area (Å²) in [6, 6.07) is 8.90. The summed E-state index contributed by atoms with van der Waals surface area (Å²) in [4.78, 5) is 2.38. The fourth-order valence-electron chi connectivity index (χ4n) is 2.45. The number of rotatable bonds is 4. The molecule has 1 fully saturated rings. The number of nitrogens with one attached hydrogen (secondary N) is 1. The highest BCUT2D eigenvalue weighted by Gasteiger charge is 2.30. The minimum atomic E-state index is 0.227. The molecule has 0 aliphatic carbocycles. The Morgan fingerprint density at radius 1 is 1.39 bits per heavy atom. The fourth-order valence-corrected chi connectivity index (χ4v) is 2.71. The molecule has 0 aromatic heterocycles. The van der Waals surface area contributed by atoms with Crippen molar-refractivity contribution < 1.29 is 4.74 Å². The Morgan fingerprint density at radius 3 is 2.78 bits per heavy atom. The minimum absolute atomic E-state index is 0.227. The van der Waals surface area contributed by atoms with Crippen LogP contribution in [-0.2, 0) is 4.74 Å². The third-order valence-electron chi connectivity index (χ3n) is 3.41. The zero-order valence-corrected chi connectivity index (χ0v) is 12.6. The van der Waals surface area contributed by atoms with Gasteiger partial charge in [-0.05, 0) is 31.3 Å². The highest BCUT2D eigenvalue weighted by molar-refractivity contribution is 9.10. The van der Waals surface area contributed by atoms with Crippen molar-refractivity contribution in [3.63, 3.8) is 0 Å². The van der Waals surface area contributed by atoms with E-state index in [2.05, 4.69) is 64.4 Å². The first-order chi connectivity index (χ1) is 8.72. The summed E-state index contributed by atoms with van der Waals surface area (Å²) in [5.41, 5.74) is 1.32. The molecular formula is C14H21BrN2O. The number of nitrogens with zero attached hydrogens (tertiary/aromatic N) is 1. The van der Waals surface area contributed by atoms with Crippen molar-refractivity contribution in [2.24, 2.45) is 0 Å². The molecule has 2 unspecified atom stereocenters. The summed E-state index contributed by atoms with van der Waals surface area (Å²) in [5, 5.41) is 3.39. The van der Waals surface area contributed by atoms with Crippen LogP contribution in [0.15, 0.2) is 28.7 Å². The van der Waals surface area contributed by atoms with E-state index in [1.165, 1.54) is 5.56 Å². The van der Waals surface area contributed by atoms with Gasteiger partial charge < -0.3 is 10.1 Å². The molecule has 2 rings (SSSR count). The van der Waals surface area contributed by atoms with E-state index in [9.17, 15) is 0 Å². The van der Waals surface area contributed by atoms with E-state index in [1.54, 1.807) is 0 Å². The first-order valence-electron chi connectivity index (χ1n) is 6.50. The Bertz CT molecular complexity index is 369. The second kappa shape index (κ2) is 6.66. The second-order valence-corrected chi connectivity index (χ2v) is 5.61. The molecule has 0 spiro atoms. The van der Waals surface area contributed by atoms with Crippen LogP contribution in [0.1, 0.15) is 18.5 Å². The van der Waals surface area contributed by atoms with Gasteiger partial charge in [-0.25, -0.2) is 0 Å². The lowest BCUT2D eigenvalue weighted by Gasteiger charge is -2.39. The Kier molecular flexibility index (Phi) is 5.18. The van der Waals surface area contributed by atoms with Crippen LogP contribution in [0, 0.1) is 0 Å². The molecule has 1 heterocycles. The summed E-state index contributed by atoms with van der Waals surface area (Å²) in [5.74, 6) is 0. The van der Waals surface area contributed by atoms with Crippen molar-refractivity contribution in [1.29, 1.82) is 0 Å². The third kappa shape index (κ3) is 3.32.